The summed E-state index contributed by atoms with van der Waals surface area (Å²) in [5, 5.41) is 8.55. The summed E-state index contributed by atoms with van der Waals surface area (Å²) in [6.07, 6.45) is 4.95. The summed E-state index contributed by atoms with van der Waals surface area (Å²) in [6.45, 7) is 4.17. The summed E-state index contributed by atoms with van der Waals surface area (Å²) in [7, 11) is 0. The highest BCUT2D eigenvalue weighted by Gasteiger charge is 2.06. The van der Waals surface area contributed by atoms with Gasteiger partial charge in [0.1, 0.15) is 0 Å². The molecule has 0 saturated heterocycles. The van der Waals surface area contributed by atoms with Crippen LogP contribution in [0.1, 0.15) is 37.0 Å². The number of nitrogens with zero attached hydrogens (tertiary/aromatic N) is 2. The van der Waals surface area contributed by atoms with Crippen LogP contribution >= 0.6 is 0 Å². The maximum absolute atomic E-state index is 11.9. The van der Waals surface area contributed by atoms with E-state index in [0.717, 1.165) is 18.5 Å². The Kier molecular flexibility index (Phi) is 6.24. The SMILES string of the molecule is CCCCNC(=O)c1cnc(Nc2ccc(NC(C)=O)cc2)nc1. The summed E-state index contributed by atoms with van der Waals surface area (Å²) >= 11 is 0. The molecule has 0 aliphatic carbocycles. The third-order valence-corrected chi connectivity index (χ3v) is 3.19. The second-order valence-corrected chi connectivity index (χ2v) is 5.29. The van der Waals surface area contributed by atoms with Gasteiger partial charge in [-0.2, -0.15) is 0 Å². The van der Waals surface area contributed by atoms with Gasteiger partial charge < -0.3 is 16.0 Å². The van der Waals surface area contributed by atoms with Crippen molar-refractivity contribution in [2.75, 3.05) is 17.2 Å². The van der Waals surface area contributed by atoms with E-state index in [4.69, 9.17) is 0 Å². The summed E-state index contributed by atoms with van der Waals surface area (Å²) in [6, 6.07) is 7.17. The first-order chi connectivity index (χ1) is 11.6. The van der Waals surface area contributed by atoms with Gasteiger partial charge in [0.2, 0.25) is 11.9 Å². The van der Waals surface area contributed by atoms with E-state index in [2.05, 4.69) is 32.8 Å². The molecular formula is C17H21N5O2. The lowest BCUT2D eigenvalue weighted by molar-refractivity contribution is -0.114. The van der Waals surface area contributed by atoms with Gasteiger partial charge in [0, 0.05) is 37.2 Å². The predicted molar refractivity (Wildman–Crippen MR) is 93.3 cm³/mol. The quantitative estimate of drug-likeness (QED) is 0.680. The number of carbonyl (C=O) groups is 2. The Balaban J connectivity index is 1.93. The van der Waals surface area contributed by atoms with Gasteiger partial charge in [-0.25, -0.2) is 9.97 Å². The molecule has 0 saturated carbocycles. The zero-order valence-electron chi connectivity index (χ0n) is 13.8. The average molecular weight is 327 g/mol. The topological polar surface area (TPSA) is 96.0 Å². The number of nitrogens with one attached hydrogen (secondary N) is 3. The molecule has 1 heterocycles. The Bertz CT molecular complexity index is 683. The number of anilines is 3. The fourth-order valence-electron chi connectivity index (χ4n) is 1.96. The molecule has 0 aliphatic heterocycles. The third-order valence-electron chi connectivity index (χ3n) is 3.19. The van der Waals surface area contributed by atoms with Gasteiger partial charge >= 0.3 is 0 Å². The van der Waals surface area contributed by atoms with Crippen LogP contribution in [0.4, 0.5) is 17.3 Å². The first-order valence-corrected chi connectivity index (χ1v) is 7.83. The molecule has 0 aliphatic rings. The van der Waals surface area contributed by atoms with Crippen LogP contribution in [0.15, 0.2) is 36.7 Å². The molecule has 0 spiro atoms. The van der Waals surface area contributed by atoms with Crippen molar-refractivity contribution >= 4 is 29.1 Å². The number of unbranched alkanes of at least 4 members (excludes halogenated alkanes) is 1. The summed E-state index contributed by atoms with van der Waals surface area (Å²) in [4.78, 5) is 31.1. The van der Waals surface area contributed by atoms with E-state index in [1.54, 1.807) is 24.3 Å². The van der Waals surface area contributed by atoms with Crippen LogP contribution < -0.4 is 16.0 Å². The Morgan fingerprint density at radius 1 is 1.04 bits per heavy atom. The van der Waals surface area contributed by atoms with Crippen LogP contribution in [0.2, 0.25) is 0 Å². The number of hydrogen-bond acceptors (Lipinski definition) is 5. The highest BCUT2D eigenvalue weighted by Crippen LogP contribution is 2.16. The number of benzene rings is 1. The smallest absolute Gasteiger partial charge is 0.254 e. The van der Waals surface area contributed by atoms with Gasteiger partial charge in [0.15, 0.2) is 0 Å². The first-order valence-electron chi connectivity index (χ1n) is 7.83. The lowest BCUT2D eigenvalue weighted by Gasteiger charge is -2.07. The van der Waals surface area contributed by atoms with E-state index < -0.39 is 0 Å². The molecule has 0 radical (unpaired) electrons. The van der Waals surface area contributed by atoms with Gasteiger partial charge in [-0.15, -0.1) is 0 Å². The van der Waals surface area contributed by atoms with Crippen molar-refractivity contribution in [1.29, 1.82) is 0 Å². The van der Waals surface area contributed by atoms with Crippen LogP contribution in [-0.2, 0) is 4.79 Å². The van der Waals surface area contributed by atoms with E-state index in [1.165, 1.54) is 19.3 Å². The molecule has 0 unspecified atom stereocenters. The number of rotatable bonds is 7. The molecule has 7 nitrogen and oxygen atoms in total. The highest BCUT2D eigenvalue weighted by molar-refractivity contribution is 5.93. The van der Waals surface area contributed by atoms with E-state index in [9.17, 15) is 9.59 Å². The fraction of sp³-hybridized carbons (Fsp3) is 0.294. The third kappa shape index (κ3) is 5.35. The van der Waals surface area contributed by atoms with E-state index >= 15 is 0 Å². The molecular weight excluding hydrogens is 306 g/mol. The van der Waals surface area contributed by atoms with Gasteiger partial charge in [-0.05, 0) is 30.7 Å². The second-order valence-electron chi connectivity index (χ2n) is 5.29. The van der Waals surface area contributed by atoms with Crippen LogP contribution in [0.5, 0.6) is 0 Å². The lowest BCUT2D eigenvalue weighted by atomic mass is 10.3. The minimum absolute atomic E-state index is 0.119. The zero-order chi connectivity index (χ0) is 17.4. The molecule has 0 bridgehead atoms. The molecule has 7 heteroatoms. The van der Waals surface area contributed by atoms with Crippen molar-refractivity contribution < 1.29 is 9.59 Å². The summed E-state index contributed by atoms with van der Waals surface area (Å²) < 4.78 is 0. The van der Waals surface area contributed by atoms with E-state index in [-0.39, 0.29) is 11.8 Å². The van der Waals surface area contributed by atoms with Crippen molar-refractivity contribution in [1.82, 2.24) is 15.3 Å². The standard InChI is InChI=1S/C17H21N5O2/c1-3-4-9-18-16(24)13-10-19-17(20-11-13)22-15-7-5-14(6-8-15)21-12(2)23/h5-8,10-11H,3-4,9H2,1-2H3,(H,18,24)(H,21,23)(H,19,20,22). The second kappa shape index (κ2) is 8.61. The molecule has 2 rings (SSSR count). The zero-order valence-corrected chi connectivity index (χ0v) is 13.8. The minimum Gasteiger partial charge on any atom is -0.352 e. The minimum atomic E-state index is -0.172. The summed E-state index contributed by atoms with van der Waals surface area (Å²) in [5.74, 6) is 0.105. The summed E-state index contributed by atoms with van der Waals surface area (Å²) in [5.41, 5.74) is 1.93. The molecule has 3 N–H and O–H groups in total. The van der Waals surface area contributed by atoms with E-state index in [1.807, 2.05) is 0 Å². The average Bonchev–Trinajstić information content (AvgIpc) is 2.57. The van der Waals surface area contributed by atoms with Crippen LogP contribution in [0.3, 0.4) is 0 Å². The number of amides is 2. The molecule has 1 aromatic carbocycles. The van der Waals surface area contributed by atoms with Crippen molar-refractivity contribution in [3.05, 3.63) is 42.2 Å². The highest BCUT2D eigenvalue weighted by atomic mass is 16.2. The van der Waals surface area contributed by atoms with Crippen molar-refractivity contribution in [2.45, 2.75) is 26.7 Å². The molecule has 24 heavy (non-hydrogen) atoms. The largest absolute Gasteiger partial charge is 0.352 e. The van der Waals surface area contributed by atoms with Gasteiger partial charge in [-0.3, -0.25) is 9.59 Å². The normalized spacial score (nSPS) is 10.1. The molecule has 2 amide bonds. The van der Waals surface area contributed by atoms with Crippen LogP contribution in [-0.4, -0.2) is 28.3 Å². The monoisotopic (exact) mass is 327 g/mol. The molecule has 0 atom stereocenters. The van der Waals surface area contributed by atoms with Crippen molar-refractivity contribution in [3.8, 4) is 0 Å². The van der Waals surface area contributed by atoms with Gasteiger partial charge in [0.05, 0.1) is 5.56 Å². The Morgan fingerprint density at radius 3 is 2.25 bits per heavy atom. The lowest BCUT2D eigenvalue weighted by Crippen LogP contribution is -2.24. The molecule has 1 aromatic heterocycles. The predicted octanol–water partition coefficient (Wildman–Crippen LogP) is 2.71. The van der Waals surface area contributed by atoms with Gasteiger partial charge in [-0.1, -0.05) is 13.3 Å². The van der Waals surface area contributed by atoms with Crippen molar-refractivity contribution in [2.24, 2.45) is 0 Å². The van der Waals surface area contributed by atoms with Gasteiger partial charge in [0.25, 0.3) is 5.91 Å². The Morgan fingerprint density at radius 2 is 1.67 bits per heavy atom. The van der Waals surface area contributed by atoms with Crippen LogP contribution in [0, 0.1) is 0 Å². The number of carbonyl (C=O) groups excluding carboxylic acids is 2. The first kappa shape index (κ1) is 17.4. The maximum atomic E-state index is 11.9. The van der Waals surface area contributed by atoms with Crippen LogP contribution in [0.25, 0.3) is 0 Å². The Labute approximate surface area is 140 Å². The number of hydrogen-bond donors (Lipinski definition) is 3. The van der Waals surface area contributed by atoms with E-state index in [0.29, 0.717) is 23.7 Å². The molecule has 0 fully saturated rings. The number of aromatic nitrogens is 2. The molecule has 2 aromatic rings. The molecule has 126 valence electrons. The Hall–Kier alpha value is -2.96. The maximum Gasteiger partial charge on any atom is 0.254 e. The fourth-order valence-corrected chi connectivity index (χ4v) is 1.96. The van der Waals surface area contributed by atoms with Crippen molar-refractivity contribution in [3.63, 3.8) is 0 Å².